The fraction of sp³-hybridized carbons (Fsp3) is 0.429. The Morgan fingerprint density at radius 3 is 2.75 bits per heavy atom. The molecule has 0 aliphatic carbocycles. The highest BCUT2D eigenvalue weighted by Crippen LogP contribution is 2.32. The molecule has 0 spiro atoms. The number of aromatic amines is 1. The fourth-order valence-corrected chi connectivity index (χ4v) is 2.30. The molecule has 3 N–H and O–H groups in total. The van der Waals surface area contributed by atoms with E-state index >= 15 is 0 Å². The Balaban J connectivity index is 2.53. The standard InChI is InChI=1S/C14H20N2/c1-10-4-5-11-12(9-16-13(11)8-10)14(2,3)6-7-15/h4-5,8-9,16H,6-7,15H2,1-3H3. The van der Waals surface area contributed by atoms with E-state index in [4.69, 9.17) is 5.73 Å². The molecule has 0 atom stereocenters. The van der Waals surface area contributed by atoms with E-state index in [0.29, 0.717) is 0 Å². The highest BCUT2D eigenvalue weighted by molar-refractivity contribution is 5.84. The van der Waals surface area contributed by atoms with Crippen LogP contribution in [0.1, 0.15) is 31.4 Å². The van der Waals surface area contributed by atoms with Gasteiger partial charge in [0.1, 0.15) is 0 Å². The van der Waals surface area contributed by atoms with Gasteiger partial charge in [-0.25, -0.2) is 0 Å². The van der Waals surface area contributed by atoms with Crippen LogP contribution in [0.4, 0.5) is 0 Å². The van der Waals surface area contributed by atoms with Gasteiger partial charge in [-0.3, -0.25) is 0 Å². The molecular weight excluding hydrogens is 196 g/mol. The van der Waals surface area contributed by atoms with E-state index in [9.17, 15) is 0 Å². The molecule has 1 heterocycles. The van der Waals surface area contributed by atoms with Crippen LogP contribution in [0.2, 0.25) is 0 Å². The minimum absolute atomic E-state index is 0.141. The van der Waals surface area contributed by atoms with E-state index in [0.717, 1.165) is 13.0 Å². The summed E-state index contributed by atoms with van der Waals surface area (Å²) in [6.45, 7) is 7.35. The molecule has 2 nitrogen and oxygen atoms in total. The number of nitrogens with one attached hydrogen (secondary N) is 1. The first-order valence-electron chi connectivity index (χ1n) is 5.83. The van der Waals surface area contributed by atoms with Crippen molar-refractivity contribution in [2.75, 3.05) is 6.54 Å². The number of aromatic nitrogens is 1. The zero-order valence-electron chi connectivity index (χ0n) is 10.3. The van der Waals surface area contributed by atoms with Gasteiger partial charge in [0.2, 0.25) is 0 Å². The summed E-state index contributed by atoms with van der Waals surface area (Å²) in [7, 11) is 0. The first kappa shape index (κ1) is 11.2. The highest BCUT2D eigenvalue weighted by atomic mass is 14.7. The molecule has 86 valence electrons. The first-order valence-corrected chi connectivity index (χ1v) is 5.83. The van der Waals surface area contributed by atoms with Crippen LogP contribution < -0.4 is 5.73 Å². The van der Waals surface area contributed by atoms with Crippen molar-refractivity contribution in [3.8, 4) is 0 Å². The predicted molar refractivity (Wildman–Crippen MR) is 69.7 cm³/mol. The van der Waals surface area contributed by atoms with Gasteiger partial charge < -0.3 is 10.7 Å². The van der Waals surface area contributed by atoms with Gasteiger partial charge in [0.25, 0.3) is 0 Å². The zero-order chi connectivity index (χ0) is 11.8. The lowest BCUT2D eigenvalue weighted by atomic mass is 9.81. The highest BCUT2D eigenvalue weighted by Gasteiger charge is 2.22. The minimum Gasteiger partial charge on any atom is -0.361 e. The van der Waals surface area contributed by atoms with E-state index in [1.807, 2.05) is 0 Å². The van der Waals surface area contributed by atoms with E-state index < -0.39 is 0 Å². The molecule has 0 unspecified atom stereocenters. The molecule has 1 aromatic carbocycles. The first-order chi connectivity index (χ1) is 7.54. The number of rotatable bonds is 3. The Morgan fingerprint density at radius 2 is 2.06 bits per heavy atom. The molecule has 0 aliphatic heterocycles. The second-order valence-electron chi connectivity index (χ2n) is 5.17. The summed E-state index contributed by atoms with van der Waals surface area (Å²) in [5.41, 5.74) is 9.70. The van der Waals surface area contributed by atoms with Crippen molar-refractivity contribution in [2.45, 2.75) is 32.6 Å². The van der Waals surface area contributed by atoms with Crippen LogP contribution in [0.15, 0.2) is 24.4 Å². The number of hydrogen-bond donors (Lipinski definition) is 2. The quantitative estimate of drug-likeness (QED) is 0.813. The smallest absolute Gasteiger partial charge is 0.0459 e. The fourth-order valence-electron chi connectivity index (χ4n) is 2.30. The Morgan fingerprint density at radius 1 is 1.31 bits per heavy atom. The third kappa shape index (κ3) is 1.85. The molecular formula is C14H20N2. The SMILES string of the molecule is Cc1ccc2c(C(C)(C)CCN)c[nH]c2c1. The van der Waals surface area contributed by atoms with Crippen molar-refractivity contribution in [2.24, 2.45) is 5.73 Å². The second kappa shape index (κ2) is 3.95. The molecule has 0 bridgehead atoms. The van der Waals surface area contributed by atoms with Gasteiger partial charge in [0.05, 0.1) is 0 Å². The monoisotopic (exact) mass is 216 g/mol. The Bertz CT molecular complexity index is 494. The van der Waals surface area contributed by atoms with Crippen molar-refractivity contribution in [3.63, 3.8) is 0 Å². The van der Waals surface area contributed by atoms with Crippen molar-refractivity contribution < 1.29 is 0 Å². The van der Waals surface area contributed by atoms with E-state index in [1.165, 1.54) is 22.0 Å². The molecule has 0 aliphatic rings. The third-order valence-electron chi connectivity index (χ3n) is 3.34. The number of H-pyrrole nitrogens is 1. The summed E-state index contributed by atoms with van der Waals surface area (Å²) >= 11 is 0. The summed E-state index contributed by atoms with van der Waals surface area (Å²) in [4.78, 5) is 3.35. The van der Waals surface area contributed by atoms with E-state index in [2.05, 4.69) is 50.2 Å². The van der Waals surface area contributed by atoms with Crippen LogP contribution in [0.3, 0.4) is 0 Å². The Labute approximate surface area is 96.9 Å². The lowest BCUT2D eigenvalue weighted by Gasteiger charge is -2.23. The van der Waals surface area contributed by atoms with Crippen molar-refractivity contribution in [1.29, 1.82) is 0 Å². The molecule has 2 rings (SSSR count). The van der Waals surface area contributed by atoms with Gasteiger partial charge in [0, 0.05) is 17.1 Å². The minimum atomic E-state index is 0.141. The van der Waals surface area contributed by atoms with Crippen LogP contribution in [-0.2, 0) is 5.41 Å². The van der Waals surface area contributed by atoms with Crippen LogP contribution >= 0.6 is 0 Å². The van der Waals surface area contributed by atoms with Gasteiger partial charge in [-0.2, -0.15) is 0 Å². The van der Waals surface area contributed by atoms with Crippen LogP contribution in [-0.4, -0.2) is 11.5 Å². The largest absolute Gasteiger partial charge is 0.361 e. The van der Waals surface area contributed by atoms with Crippen LogP contribution in [0.5, 0.6) is 0 Å². The normalized spacial score (nSPS) is 12.2. The number of aryl methyl sites for hydroxylation is 1. The maximum absolute atomic E-state index is 5.68. The zero-order valence-corrected chi connectivity index (χ0v) is 10.3. The maximum atomic E-state index is 5.68. The lowest BCUT2D eigenvalue weighted by molar-refractivity contribution is 0.491. The van der Waals surface area contributed by atoms with E-state index in [1.54, 1.807) is 0 Å². The van der Waals surface area contributed by atoms with Gasteiger partial charge in [-0.05, 0) is 42.5 Å². The topological polar surface area (TPSA) is 41.8 Å². The average molecular weight is 216 g/mol. The second-order valence-corrected chi connectivity index (χ2v) is 5.17. The number of fused-ring (bicyclic) bond motifs is 1. The van der Waals surface area contributed by atoms with Gasteiger partial charge in [0.15, 0.2) is 0 Å². The molecule has 0 fully saturated rings. The summed E-state index contributed by atoms with van der Waals surface area (Å²) < 4.78 is 0. The van der Waals surface area contributed by atoms with Gasteiger partial charge in [-0.1, -0.05) is 26.0 Å². The van der Waals surface area contributed by atoms with Crippen molar-refractivity contribution >= 4 is 10.9 Å². The third-order valence-corrected chi connectivity index (χ3v) is 3.34. The average Bonchev–Trinajstić information content (AvgIpc) is 2.60. The molecule has 16 heavy (non-hydrogen) atoms. The lowest BCUT2D eigenvalue weighted by Crippen LogP contribution is -2.21. The van der Waals surface area contributed by atoms with Crippen LogP contribution in [0, 0.1) is 6.92 Å². The molecule has 1 aromatic heterocycles. The molecule has 2 heteroatoms. The Hall–Kier alpha value is -1.28. The molecule has 0 saturated carbocycles. The number of hydrogen-bond acceptors (Lipinski definition) is 1. The number of nitrogens with two attached hydrogens (primary N) is 1. The maximum Gasteiger partial charge on any atom is 0.0459 e. The van der Waals surface area contributed by atoms with Gasteiger partial charge >= 0.3 is 0 Å². The van der Waals surface area contributed by atoms with Crippen molar-refractivity contribution in [3.05, 3.63) is 35.5 Å². The molecule has 0 radical (unpaired) electrons. The van der Waals surface area contributed by atoms with Crippen molar-refractivity contribution in [1.82, 2.24) is 4.98 Å². The van der Waals surface area contributed by atoms with E-state index in [-0.39, 0.29) is 5.41 Å². The van der Waals surface area contributed by atoms with Gasteiger partial charge in [-0.15, -0.1) is 0 Å². The molecule has 0 amide bonds. The summed E-state index contributed by atoms with van der Waals surface area (Å²) in [5.74, 6) is 0. The number of benzene rings is 1. The summed E-state index contributed by atoms with van der Waals surface area (Å²) in [6.07, 6.45) is 3.13. The van der Waals surface area contributed by atoms with Crippen LogP contribution in [0.25, 0.3) is 10.9 Å². The predicted octanol–water partition coefficient (Wildman–Crippen LogP) is 3.10. The molecule has 2 aromatic rings. The molecule has 0 saturated heterocycles. The summed E-state index contributed by atoms with van der Waals surface area (Å²) in [5, 5.41) is 1.32. The Kier molecular flexibility index (Phi) is 2.76. The summed E-state index contributed by atoms with van der Waals surface area (Å²) in [6, 6.07) is 6.56.